The minimum atomic E-state index is 0.0856. The molecule has 0 unspecified atom stereocenters. The number of rotatable bonds is 6. The Bertz CT molecular complexity index is 812. The average Bonchev–Trinajstić information content (AvgIpc) is 3.40. The number of hydrogen-bond acceptors (Lipinski definition) is 7. The molecule has 1 aromatic carbocycles. The number of nitrogens with zero attached hydrogens (tertiary/aromatic N) is 5. The number of hydrogen-bond donors (Lipinski definition) is 0. The lowest BCUT2D eigenvalue weighted by Gasteiger charge is -2.29. The summed E-state index contributed by atoms with van der Waals surface area (Å²) in [6.07, 6.45) is 0. The molecule has 2 aromatic rings. The van der Waals surface area contributed by atoms with E-state index in [4.69, 9.17) is 4.74 Å². The summed E-state index contributed by atoms with van der Waals surface area (Å²) < 4.78 is 9.85. The molecule has 150 valence electrons. The van der Waals surface area contributed by atoms with Crippen LogP contribution in [0.3, 0.4) is 0 Å². The second-order valence-corrected chi connectivity index (χ2v) is 8.37. The summed E-state index contributed by atoms with van der Waals surface area (Å²) in [4.78, 5) is 23.8. The molecule has 2 saturated heterocycles. The Morgan fingerprint density at radius 2 is 2.04 bits per heavy atom. The molecule has 0 N–H and O–H groups in total. The van der Waals surface area contributed by atoms with E-state index in [0.29, 0.717) is 18.4 Å². The summed E-state index contributed by atoms with van der Waals surface area (Å²) in [6, 6.07) is 10.5. The predicted molar refractivity (Wildman–Crippen MR) is 111 cm³/mol. The molecule has 8 heteroatoms. The quantitative estimate of drug-likeness (QED) is 0.740. The molecular weight excluding hydrogens is 374 g/mol. The molecule has 7 nitrogen and oxygen atoms in total. The zero-order valence-electron chi connectivity index (χ0n) is 16.6. The highest BCUT2D eigenvalue weighted by molar-refractivity contribution is 7.09. The van der Waals surface area contributed by atoms with Crippen molar-refractivity contribution in [3.05, 3.63) is 35.9 Å². The van der Waals surface area contributed by atoms with Gasteiger partial charge in [0.1, 0.15) is 6.61 Å². The van der Waals surface area contributed by atoms with Crippen LogP contribution in [0.4, 0.5) is 11.1 Å². The van der Waals surface area contributed by atoms with Crippen molar-refractivity contribution in [3.8, 4) is 0 Å². The summed E-state index contributed by atoms with van der Waals surface area (Å²) in [5.74, 6) is 1.66. The van der Waals surface area contributed by atoms with Gasteiger partial charge in [-0.15, -0.1) is 0 Å². The fraction of sp³-hybridized carbons (Fsp3) is 0.550. The Kier molecular flexibility index (Phi) is 5.50. The van der Waals surface area contributed by atoms with E-state index < -0.39 is 0 Å². The van der Waals surface area contributed by atoms with Crippen LogP contribution in [0, 0.1) is 11.8 Å². The van der Waals surface area contributed by atoms with E-state index in [2.05, 4.69) is 38.5 Å². The maximum absolute atomic E-state index is 12.8. The third-order valence-corrected chi connectivity index (χ3v) is 6.40. The highest BCUT2D eigenvalue weighted by atomic mass is 32.1. The molecule has 3 atom stereocenters. The van der Waals surface area contributed by atoms with Crippen LogP contribution in [0.5, 0.6) is 0 Å². The van der Waals surface area contributed by atoms with Crippen LogP contribution in [0.15, 0.2) is 30.3 Å². The predicted octanol–water partition coefficient (Wildman–Crippen LogP) is 2.28. The first kappa shape index (κ1) is 19.1. The Morgan fingerprint density at radius 1 is 1.25 bits per heavy atom. The fourth-order valence-corrected chi connectivity index (χ4v) is 5.08. The number of amides is 1. The van der Waals surface area contributed by atoms with Gasteiger partial charge in [0.25, 0.3) is 0 Å². The fourth-order valence-electron chi connectivity index (χ4n) is 4.33. The minimum Gasteiger partial charge on any atom is -0.372 e. The first-order valence-corrected chi connectivity index (χ1v) is 10.5. The Hall–Kier alpha value is -2.19. The van der Waals surface area contributed by atoms with E-state index in [-0.39, 0.29) is 18.6 Å². The lowest BCUT2D eigenvalue weighted by Crippen LogP contribution is -2.37. The van der Waals surface area contributed by atoms with Crippen molar-refractivity contribution >= 4 is 28.5 Å². The van der Waals surface area contributed by atoms with Gasteiger partial charge in [0.2, 0.25) is 17.0 Å². The molecule has 1 aromatic heterocycles. The van der Waals surface area contributed by atoms with E-state index in [9.17, 15) is 4.79 Å². The normalized spacial score (nSPS) is 23.9. The smallest absolute Gasteiger partial charge is 0.249 e. The summed E-state index contributed by atoms with van der Waals surface area (Å²) in [5, 5.41) is 0.970. The average molecular weight is 402 g/mol. The second-order valence-electron chi connectivity index (χ2n) is 7.64. The molecule has 2 aliphatic heterocycles. The lowest BCUT2D eigenvalue weighted by molar-refractivity contribution is -0.137. The van der Waals surface area contributed by atoms with Crippen LogP contribution < -0.4 is 9.80 Å². The number of fused-ring (bicyclic) bond motifs is 1. The molecule has 0 spiro atoms. The van der Waals surface area contributed by atoms with Gasteiger partial charge in [0.15, 0.2) is 0 Å². The zero-order valence-corrected chi connectivity index (χ0v) is 17.4. The van der Waals surface area contributed by atoms with E-state index in [1.54, 1.807) is 0 Å². The zero-order chi connectivity index (χ0) is 19.7. The Morgan fingerprint density at radius 3 is 2.71 bits per heavy atom. The van der Waals surface area contributed by atoms with Crippen molar-refractivity contribution in [1.82, 2.24) is 14.3 Å². The van der Waals surface area contributed by atoms with Gasteiger partial charge in [-0.1, -0.05) is 30.3 Å². The van der Waals surface area contributed by atoms with Crippen molar-refractivity contribution in [2.45, 2.75) is 13.0 Å². The molecule has 0 aliphatic carbocycles. The molecule has 4 rings (SSSR count). The minimum absolute atomic E-state index is 0.0856. The van der Waals surface area contributed by atoms with Gasteiger partial charge in [-0.25, -0.2) is 0 Å². The van der Waals surface area contributed by atoms with Crippen molar-refractivity contribution in [2.24, 2.45) is 11.8 Å². The van der Waals surface area contributed by atoms with E-state index >= 15 is 0 Å². The van der Waals surface area contributed by atoms with Gasteiger partial charge in [-0.05, 0) is 12.5 Å². The summed E-state index contributed by atoms with van der Waals surface area (Å²) in [6.45, 7) is 5.21. The van der Waals surface area contributed by atoms with Crippen molar-refractivity contribution in [3.63, 3.8) is 0 Å². The molecule has 3 heterocycles. The van der Waals surface area contributed by atoms with Crippen LogP contribution in [0.1, 0.15) is 18.5 Å². The van der Waals surface area contributed by atoms with Crippen LogP contribution >= 0.6 is 11.5 Å². The van der Waals surface area contributed by atoms with E-state index in [1.807, 2.05) is 36.9 Å². The Balaban J connectivity index is 1.56. The SMILES string of the molecule is CCOCC(=O)N1C[C@@H]2CN(c3nc(N(C)C)ns3)C[C@@H]2[C@@H]1c1ccccc1. The van der Waals surface area contributed by atoms with Gasteiger partial charge in [0.05, 0.1) is 6.04 Å². The first-order chi connectivity index (χ1) is 13.6. The highest BCUT2D eigenvalue weighted by Crippen LogP contribution is 2.46. The maximum Gasteiger partial charge on any atom is 0.249 e. The summed E-state index contributed by atoms with van der Waals surface area (Å²) in [5.41, 5.74) is 1.20. The molecular formula is C20H27N5O2S. The third kappa shape index (κ3) is 3.58. The summed E-state index contributed by atoms with van der Waals surface area (Å²) in [7, 11) is 3.91. The van der Waals surface area contributed by atoms with Gasteiger partial charge in [-0.2, -0.15) is 9.36 Å². The number of anilines is 2. The van der Waals surface area contributed by atoms with E-state index in [0.717, 1.165) is 30.7 Å². The van der Waals surface area contributed by atoms with Crippen molar-refractivity contribution < 1.29 is 9.53 Å². The number of likely N-dealkylation sites (tertiary alicyclic amines) is 1. The highest BCUT2D eigenvalue weighted by Gasteiger charge is 2.49. The molecule has 1 amide bonds. The summed E-state index contributed by atoms with van der Waals surface area (Å²) >= 11 is 1.45. The monoisotopic (exact) mass is 401 g/mol. The van der Waals surface area contributed by atoms with Crippen molar-refractivity contribution in [1.29, 1.82) is 0 Å². The van der Waals surface area contributed by atoms with Crippen LogP contribution in [-0.2, 0) is 9.53 Å². The van der Waals surface area contributed by atoms with Gasteiger partial charge < -0.3 is 19.4 Å². The van der Waals surface area contributed by atoms with Crippen LogP contribution in [-0.4, -0.2) is 67.1 Å². The first-order valence-electron chi connectivity index (χ1n) is 9.76. The number of benzene rings is 1. The standard InChI is InChI=1S/C20H27N5O2S/c1-4-27-13-17(26)25-11-15-10-24(20-21-19(22-28-20)23(2)3)12-16(15)18(25)14-8-6-5-7-9-14/h5-9,15-16,18H,4,10-13H2,1-3H3/t15-,16-,18-/m0/s1. The number of aromatic nitrogens is 2. The molecule has 0 saturated carbocycles. The molecule has 28 heavy (non-hydrogen) atoms. The second kappa shape index (κ2) is 8.05. The van der Waals surface area contributed by atoms with Gasteiger partial charge in [-0.3, -0.25) is 4.79 Å². The molecule has 0 bridgehead atoms. The number of carbonyl (C=O) groups excluding carboxylic acids is 1. The number of carbonyl (C=O) groups is 1. The molecule has 2 fully saturated rings. The molecule has 0 radical (unpaired) electrons. The van der Waals surface area contributed by atoms with Crippen LogP contribution in [0.25, 0.3) is 0 Å². The van der Waals surface area contributed by atoms with Crippen LogP contribution in [0.2, 0.25) is 0 Å². The maximum atomic E-state index is 12.8. The Labute approximate surface area is 170 Å². The topological polar surface area (TPSA) is 61.8 Å². The number of ether oxygens (including phenoxy) is 1. The largest absolute Gasteiger partial charge is 0.372 e. The lowest BCUT2D eigenvalue weighted by atomic mass is 9.89. The van der Waals surface area contributed by atoms with Gasteiger partial charge >= 0.3 is 0 Å². The van der Waals surface area contributed by atoms with E-state index in [1.165, 1.54) is 17.1 Å². The third-order valence-electron chi connectivity index (χ3n) is 5.63. The van der Waals surface area contributed by atoms with Gasteiger partial charge in [0, 0.05) is 63.7 Å². The van der Waals surface area contributed by atoms with Crippen molar-refractivity contribution in [2.75, 3.05) is 56.7 Å². The molecule has 2 aliphatic rings.